The Morgan fingerprint density at radius 2 is 2.00 bits per heavy atom. The van der Waals surface area contributed by atoms with E-state index in [1.54, 1.807) is 0 Å². The van der Waals surface area contributed by atoms with E-state index >= 15 is 0 Å². The third-order valence-corrected chi connectivity index (χ3v) is 5.25. The van der Waals surface area contributed by atoms with E-state index in [2.05, 4.69) is 10.1 Å². The van der Waals surface area contributed by atoms with Gasteiger partial charge < -0.3 is 4.79 Å². The summed E-state index contributed by atoms with van der Waals surface area (Å²) in [7, 11) is 0. The van der Waals surface area contributed by atoms with Crippen molar-refractivity contribution in [3.8, 4) is 0 Å². The molecule has 1 heterocycles. The Labute approximate surface area is 142 Å². The molecule has 9 heteroatoms. The van der Waals surface area contributed by atoms with Crippen molar-refractivity contribution < 1.29 is 4.79 Å². The van der Waals surface area contributed by atoms with Crippen LogP contribution < -0.4 is 0 Å². The first-order valence-corrected chi connectivity index (χ1v) is 7.91. The minimum Gasteiger partial charge on any atom is -0.303 e. The lowest BCUT2D eigenvalue weighted by Gasteiger charge is -2.26. The van der Waals surface area contributed by atoms with E-state index in [4.69, 9.17) is 58.0 Å². The van der Waals surface area contributed by atoms with Crippen LogP contribution in [-0.2, 0) is 15.7 Å². The molecular weight excluding hydrogens is 367 g/mol. The molecule has 20 heavy (non-hydrogen) atoms. The molecule has 4 nitrogen and oxygen atoms in total. The van der Waals surface area contributed by atoms with Gasteiger partial charge >= 0.3 is 0 Å². The molecular formula is C11H14Cl5N3O. The van der Waals surface area contributed by atoms with Gasteiger partial charge in [-0.1, -0.05) is 64.9 Å². The predicted molar refractivity (Wildman–Crippen MR) is 82.8 cm³/mol. The Balaban J connectivity index is 2.75. The third kappa shape index (κ3) is 4.38. The number of hydrogen-bond acceptors (Lipinski definition) is 3. The second kappa shape index (κ2) is 7.50. The van der Waals surface area contributed by atoms with Gasteiger partial charge in [0.25, 0.3) is 0 Å². The van der Waals surface area contributed by atoms with E-state index in [-0.39, 0.29) is 11.7 Å². The first kappa shape index (κ1) is 18.3. The normalized spacial score (nSPS) is 14.3. The van der Waals surface area contributed by atoms with E-state index < -0.39 is 8.13 Å². The molecule has 0 aromatic carbocycles. The summed E-state index contributed by atoms with van der Waals surface area (Å²) in [5, 5.41) is 4.02. The van der Waals surface area contributed by atoms with Gasteiger partial charge in [-0.2, -0.15) is 5.10 Å². The van der Waals surface area contributed by atoms with Crippen LogP contribution in [0.15, 0.2) is 6.33 Å². The highest BCUT2D eigenvalue weighted by molar-refractivity contribution is 6.75. The van der Waals surface area contributed by atoms with Crippen LogP contribution in [0.25, 0.3) is 0 Å². The molecule has 1 unspecified atom stereocenters. The fourth-order valence-corrected chi connectivity index (χ4v) is 2.22. The number of rotatable bonds is 7. The Kier molecular flexibility index (Phi) is 6.87. The van der Waals surface area contributed by atoms with Gasteiger partial charge in [0.15, 0.2) is 5.82 Å². The minimum absolute atomic E-state index is 0.0342. The SMILES string of the molecule is CCC(C=O)CCCn1ncnc1C(Cl)(Cl)C(Cl)(Cl)Cl. The highest BCUT2D eigenvalue weighted by atomic mass is 35.6. The number of nitrogens with zero attached hydrogens (tertiary/aromatic N) is 3. The Bertz CT molecular complexity index is 444. The molecule has 0 aliphatic heterocycles. The van der Waals surface area contributed by atoms with Crippen LogP contribution in [0.5, 0.6) is 0 Å². The highest BCUT2D eigenvalue weighted by Gasteiger charge is 2.50. The molecule has 0 aliphatic carbocycles. The molecule has 0 fully saturated rings. The number of aromatic nitrogens is 3. The van der Waals surface area contributed by atoms with Gasteiger partial charge in [0, 0.05) is 12.5 Å². The van der Waals surface area contributed by atoms with Crippen LogP contribution in [0.2, 0.25) is 0 Å². The lowest BCUT2D eigenvalue weighted by molar-refractivity contribution is -0.111. The van der Waals surface area contributed by atoms with Crippen LogP contribution in [0.1, 0.15) is 32.0 Å². The zero-order valence-electron chi connectivity index (χ0n) is 10.7. The fourth-order valence-electron chi connectivity index (χ4n) is 1.67. The molecule has 0 N–H and O–H groups in total. The Morgan fingerprint density at radius 3 is 2.50 bits per heavy atom. The molecule has 114 valence electrons. The molecule has 1 aromatic rings. The van der Waals surface area contributed by atoms with Crippen molar-refractivity contribution in [2.75, 3.05) is 0 Å². The molecule has 0 aliphatic rings. The molecule has 0 saturated heterocycles. The third-order valence-electron chi connectivity index (χ3n) is 2.91. The van der Waals surface area contributed by atoms with Crippen LogP contribution in [0.4, 0.5) is 0 Å². The maximum atomic E-state index is 10.8. The summed E-state index contributed by atoms with van der Waals surface area (Å²) < 4.78 is -2.25. The van der Waals surface area contributed by atoms with Gasteiger partial charge in [-0.15, -0.1) is 0 Å². The molecule has 1 rings (SSSR count). The van der Waals surface area contributed by atoms with Crippen molar-refractivity contribution in [2.24, 2.45) is 5.92 Å². The molecule has 0 amide bonds. The predicted octanol–water partition coefficient (Wildman–Crippen LogP) is 4.28. The van der Waals surface area contributed by atoms with Gasteiger partial charge in [-0.25, -0.2) is 9.67 Å². The molecule has 0 radical (unpaired) electrons. The number of aryl methyl sites for hydroxylation is 1. The van der Waals surface area contributed by atoms with Crippen molar-refractivity contribution in [1.82, 2.24) is 14.8 Å². The van der Waals surface area contributed by atoms with Crippen molar-refractivity contribution in [2.45, 2.75) is 40.9 Å². The van der Waals surface area contributed by atoms with E-state index in [0.717, 1.165) is 25.5 Å². The Hall–Kier alpha value is 0.260. The highest BCUT2D eigenvalue weighted by Crippen LogP contribution is 2.52. The van der Waals surface area contributed by atoms with Crippen LogP contribution >= 0.6 is 58.0 Å². The van der Waals surface area contributed by atoms with Crippen LogP contribution in [0, 0.1) is 5.92 Å². The van der Waals surface area contributed by atoms with Gasteiger partial charge in [0.2, 0.25) is 8.13 Å². The number of halogens is 5. The Morgan fingerprint density at radius 1 is 1.35 bits per heavy atom. The lowest BCUT2D eigenvalue weighted by atomic mass is 10.0. The van der Waals surface area contributed by atoms with Gasteiger partial charge in [-0.3, -0.25) is 0 Å². The number of hydrogen-bond donors (Lipinski definition) is 0. The van der Waals surface area contributed by atoms with Crippen molar-refractivity contribution in [1.29, 1.82) is 0 Å². The lowest BCUT2D eigenvalue weighted by Crippen LogP contribution is -2.32. The average Bonchev–Trinajstić information content (AvgIpc) is 2.82. The zero-order chi connectivity index (χ0) is 15.4. The number of carbonyl (C=O) groups is 1. The summed E-state index contributed by atoms with van der Waals surface area (Å²) in [6.45, 7) is 2.45. The first-order valence-electron chi connectivity index (χ1n) is 6.02. The van der Waals surface area contributed by atoms with E-state index in [0.29, 0.717) is 6.54 Å². The number of alkyl halides is 5. The van der Waals surface area contributed by atoms with Gasteiger partial charge in [0.05, 0.1) is 0 Å². The quantitative estimate of drug-likeness (QED) is 0.523. The van der Waals surface area contributed by atoms with Crippen molar-refractivity contribution >= 4 is 64.3 Å². The topological polar surface area (TPSA) is 47.8 Å². The van der Waals surface area contributed by atoms with Crippen LogP contribution in [0.3, 0.4) is 0 Å². The van der Waals surface area contributed by atoms with E-state index in [9.17, 15) is 4.79 Å². The fraction of sp³-hybridized carbons (Fsp3) is 0.727. The van der Waals surface area contributed by atoms with Crippen molar-refractivity contribution in [3.05, 3.63) is 12.2 Å². The maximum absolute atomic E-state index is 10.8. The number of carbonyl (C=O) groups excluding carboxylic acids is 1. The summed E-state index contributed by atoms with van der Waals surface area (Å²) >= 11 is 29.4. The van der Waals surface area contributed by atoms with Gasteiger partial charge in [-0.05, 0) is 19.3 Å². The van der Waals surface area contributed by atoms with Gasteiger partial charge in [0.1, 0.15) is 12.6 Å². The number of aldehydes is 1. The summed E-state index contributed by atoms with van der Waals surface area (Å²) in [4.78, 5) is 14.7. The summed E-state index contributed by atoms with van der Waals surface area (Å²) in [6, 6.07) is 0. The summed E-state index contributed by atoms with van der Waals surface area (Å²) in [6.07, 6.45) is 4.51. The second-order valence-electron chi connectivity index (χ2n) is 4.33. The molecule has 0 spiro atoms. The molecule has 1 aromatic heterocycles. The molecule has 1 atom stereocenters. The standard InChI is InChI=1S/C11H14Cl5N3O/c1-2-8(6-20)4-3-5-19-9(17-7-18-19)10(12,13)11(14,15)16/h6-8H,2-5H2,1H3. The summed E-state index contributed by atoms with van der Waals surface area (Å²) in [5.74, 6) is 0.201. The maximum Gasteiger partial charge on any atom is 0.230 e. The second-order valence-corrected chi connectivity index (χ2v) is 7.93. The zero-order valence-corrected chi connectivity index (χ0v) is 14.5. The first-order chi connectivity index (χ1) is 9.24. The largest absolute Gasteiger partial charge is 0.303 e. The molecule has 0 saturated carbocycles. The van der Waals surface area contributed by atoms with E-state index in [1.807, 2.05) is 6.92 Å². The van der Waals surface area contributed by atoms with E-state index in [1.165, 1.54) is 11.0 Å². The van der Waals surface area contributed by atoms with Crippen molar-refractivity contribution in [3.63, 3.8) is 0 Å². The van der Waals surface area contributed by atoms with Crippen LogP contribution in [-0.4, -0.2) is 24.8 Å². The summed E-state index contributed by atoms with van der Waals surface area (Å²) in [5.41, 5.74) is 0. The molecule has 0 bridgehead atoms. The average molecular weight is 382 g/mol. The minimum atomic E-state index is -1.93. The monoisotopic (exact) mass is 379 g/mol. The smallest absolute Gasteiger partial charge is 0.230 e.